The highest BCUT2D eigenvalue weighted by molar-refractivity contribution is 4.99. The number of aliphatic hydroxyl groups is 1. The number of hydrogen-bond donors (Lipinski definition) is 1. The Morgan fingerprint density at radius 1 is 1.46 bits per heavy atom. The van der Waals surface area contributed by atoms with Crippen LogP contribution < -0.4 is 0 Å². The van der Waals surface area contributed by atoms with Crippen molar-refractivity contribution in [2.45, 2.75) is 40.0 Å². The molecule has 1 aliphatic rings. The van der Waals surface area contributed by atoms with Gasteiger partial charge in [0.1, 0.15) is 0 Å². The van der Waals surface area contributed by atoms with E-state index in [1.165, 1.54) is 19.3 Å². The molecular weight excluding hydrogens is 160 g/mol. The zero-order valence-electron chi connectivity index (χ0n) is 9.09. The Bertz CT molecular complexity index is 182. The Hall–Kier alpha value is -0.300. The third-order valence-electron chi connectivity index (χ3n) is 3.44. The summed E-state index contributed by atoms with van der Waals surface area (Å²) in [5, 5.41) is 8.77. The molecule has 2 atom stereocenters. The normalized spacial score (nSPS) is 33.8. The predicted molar refractivity (Wildman–Crippen MR) is 56.5 cm³/mol. The maximum atomic E-state index is 8.77. The van der Waals surface area contributed by atoms with E-state index in [0.29, 0.717) is 11.3 Å². The summed E-state index contributed by atoms with van der Waals surface area (Å²) in [6, 6.07) is 0. The Morgan fingerprint density at radius 2 is 2.15 bits per heavy atom. The SMILES string of the molecule is C[C@H]1CCCC(C)(C)C1C=CCO. The average molecular weight is 182 g/mol. The molecule has 1 aliphatic carbocycles. The zero-order chi connectivity index (χ0) is 9.90. The van der Waals surface area contributed by atoms with E-state index in [-0.39, 0.29) is 6.61 Å². The third-order valence-corrected chi connectivity index (χ3v) is 3.44. The fourth-order valence-corrected chi connectivity index (χ4v) is 2.65. The number of allylic oxidation sites excluding steroid dienone is 1. The topological polar surface area (TPSA) is 20.2 Å². The van der Waals surface area contributed by atoms with Crippen molar-refractivity contribution in [2.75, 3.05) is 6.61 Å². The molecule has 76 valence electrons. The molecule has 1 heteroatoms. The lowest BCUT2D eigenvalue weighted by Crippen LogP contribution is -2.32. The maximum absolute atomic E-state index is 8.77. The summed E-state index contributed by atoms with van der Waals surface area (Å²) in [7, 11) is 0. The van der Waals surface area contributed by atoms with E-state index in [0.717, 1.165) is 5.92 Å². The van der Waals surface area contributed by atoms with Crippen LogP contribution in [-0.4, -0.2) is 11.7 Å². The molecule has 0 saturated heterocycles. The highest BCUT2D eigenvalue weighted by Crippen LogP contribution is 2.44. The summed E-state index contributed by atoms with van der Waals surface area (Å²) in [6.45, 7) is 7.19. The molecule has 0 aromatic rings. The van der Waals surface area contributed by atoms with Gasteiger partial charge in [-0.3, -0.25) is 0 Å². The van der Waals surface area contributed by atoms with Crippen molar-refractivity contribution in [3.8, 4) is 0 Å². The van der Waals surface area contributed by atoms with E-state index in [9.17, 15) is 0 Å². The summed E-state index contributed by atoms with van der Waals surface area (Å²) < 4.78 is 0. The van der Waals surface area contributed by atoms with E-state index < -0.39 is 0 Å². The molecule has 1 saturated carbocycles. The van der Waals surface area contributed by atoms with Crippen LogP contribution in [0.1, 0.15) is 40.0 Å². The van der Waals surface area contributed by atoms with Crippen LogP contribution in [0.4, 0.5) is 0 Å². The van der Waals surface area contributed by atoms with Gasteiger partial charge in [-0.15, -0.1) is 0 Å². The molecule has 0 aromatic heterocycles. The van der Waals surface area contributed by atoms with Crippen LogP contribution in [0.15, 0.2) is 12.2 Å². The first-order chi connectivity index (χ1) is 6.08. The minimum atomic E-state index is 0.180. The van der Waals surface area contributed by atoms with Gasteiger partial charge in [0, 0.05) is 0 Å². The molecule has 1 N–H and O–H groups in total. The molecular formula is C12H22O. The van der Waals surface area contributed by atoms with Crippen molar-refractivity contribution in [3.05, 3.63) is 12.2 Å². The number of aliphatic hydroxyl groups excluding tert-OH is 1. The molecule has 0 spiro atoms. The van der Waals surface area contributed by atoms with Gasteiger partial charge in [-0.25, -0.2) is 0 Å². The van der Waals surface area contributed by atoms with Crippen LogP contribution in [0.3, 0.4) is 0 Å². The molecule has 1 unspecified atom stereocenters. The Morgan fingerprint density at radius 3 is 2.69 bits per heavy atom. The van der Waals surface area contributed by atoms with Gasteiger partial charge < -0.3 is 5.11 Å². The first-order valence-corrected chi connectivity index (χ1v) is 5.35. The summed E-state index contributed by atoms with van der Waals surface area (Å²) in [4.78, 5) is 0. The Balaban J connectivity index is 2.68. The fraction of sp³-hybridized carbons (Fsp3) is 0.833. The van der Waals surface area contributed by atoms with Gasteiger partial charge in [0.15, 0.2) is 0 Å². The molecule has 0 aromatic carbocycles. The van der Waals surface area contributed by atoms with Crippen LogP contribution in [0, 0.1) is 17.3 Å². The van der Waals surface area contributed by atoms with Crippen molar-refractivity contribution >= 4 is 0 Å². The quantitative estimate of drug-likeness (QED) is 0.651. The zero-order valence-corrected chi connectivity index (χ0v) is 9.09. The van der Waals surface area contributed by atoms with Crippen molar-refractivity contribution in [1.82, 2.24) is 0 Å². The summed E-state index contributed by atoms with van der Waals surface area (Å²) in [5.41, 5.74) is 0.420. The number of rotatable bonds is 2. The standard InChI is InChI=1S/C12H22O/c1-10-6-4-8-12(2,3)11(10)7-5-9-13/h5,7,10-11,13H,4,6,8-9H2,1-3H3/t10-,11?/m0/s1. The summed E-state index contributed by atoms with van der Waals surface area (Å²) >= 11 is 0. The average Bonchev–Trinajstić information content (AvgIpc) is 2.02. The predicted octanol–water partition coefficient (Wildman–Crippen LogP) is 3.00. The van der Waals surface area contributed by atoms with Crippen molar-refractivity contribution in [3.63, 3.8) is 0 Å². The van der Waals surface area contributed by atoms with Crippen LogP contribution in [-0.2, 0) is 0 Å². The number of hydrogen-bond acceptors (Lipinski definition) is 1. The second-order valence-electron chi connectivity index (χ2n) is 4.99. The fourth-order valence-electron chi connectivity index (χ4n) is 2.65. The maximum Gasteiger partial charge on any atom is 0.0612 e. The molecule has 1 rings (SSSR count). The molecule has 0 bridgehead atoms. The minimum Gasteiger partial charge on any atom is -0.392 e. The molecule has 0 aliphatic heterocycles. The van der Waals surface area contributed by atoms with Crippen molar-refractivity contribution in [1.29, 1.82) is 0 Å². The molecule has 1 fully saturated rings. The molecule has 0 radical (unpaired) electrons. The summed E-state index contributed by atoms with van der Waals surface area (Å²) in [5.74, 6) is 1.42. The van der Waals surface area contributed by atoms with Gasteiger partial charge in [0.05, 0.1) is 6.61 Å². The van der Waals surface area contributed by atoms with Gasteiger partial charge in [0.25, 0.3) is 0 Å². The smallest absolute Gasteiger partial charge is 0.0612 e. The van der Waals surface area contributed by atoms with Gasteiger partial charge in [-0.05, 0) is 23.7 Å². The van der Waals surface area contributed by atoms with Crippen LogP contribution >= 0.6 is 0 Å². The van der Waals surface area contributed by atoms with Gasteiger partial charge in [-0.1, -0.05) is 45.8 Å². The van der Waals surface area contributed by atoms with Gasteiger partial charge in [-0.2, -0.15) is 0 Å². The Labute approximate surface area is 81.9 Å². The monoisotopic (exact) mass is 182 g/mol. The van der Waals surface area contributed by atoms with Crippen molar-refractivity contribution in [2.24, 2.45) is 17.3 Å². The first-order valence-electron chi connectivity index (χ1n) is 5.35. The van der Waals surface area contributed by atoms with Gasteiger partial charge in [0.2, 0.25) is 0 Å². The minimum absolute atomic E-state index is 0.180. The highest BCUT2D eigenvalue weighted by Gasteiger charge is 2.34. The Kier molecular flexibility index (Phi) is 3.55. The van der Waals surface area contributed by atoms with E-state index >= 15 is 0 Å². The lowest BCUT2D eigenvalue weighted by molar-refractivity contribution is 0.122. The van der Waals surface area contributed by atoms with Crippen LogP contribution in [0.2, 0.25) is 0 Å². The van der Waals surface area contributed by atoms with Crippen LogP contribution in [0.25, 0.3) is 0 Å². The van der Waals surface area contributed by atoms with Crippen LogP contribution in [0.5, 0.6) is 0 Å². The molecule has 13 heavy (non-hydrogen) atoms. The second kappa shape index (κ2) is 4.28. The van der Waals surface area contributed by atoms with E-state index in [1.54, 1.807) is 0 Å². The lowest BCUT2D eigenvalue weighted by Gasteiger charge is -2.41. The lowest BCUT2D eigenvalue weighted by atomic mass is 9.64. The molecule has 1 nitrogen and oxygen atoms in total. The van der Waals surface area contributed by atoms with E-state index in [4.69, 9.17) is 5.11 Å². The van der Waals surface area contributed by atoms with Crippen molar-refractivity contribution < 1.29 is 5.11 Å². The largest absolute Gasteiger partial charge is 0.392 e. The summed E-state index contributed by atoms with van der Waals surface area (Å²) in [6.07, 6.45) is 8.12. The van der Waals surface area contributed by atoms with E-state index in [1.807, 2.05) is 6.08 Å². The van der Waals surface area contributed by atoms with E-state index in [2.05, 4.69) is 26.8 Å². The molecule has 0 heterocycles. The first kappa shape index (κ1) is 10.8. The third kappa shape index (κ3) is 2.57. The second-order valence-corrected chi connectivity index (χ2v) is 4.99. The highest BCUT2D eigenvalue weighted by atomic mass is 16.2. The van der Waals surface area contributed by atoms with Gasteiger partial charge >= 0.3 is 0 Å². The molecule has 0 amide bonds.